The second-order valence-electron chi connectivity index (χ2n) is 5.26. The summed E-state index contributed by atoms with van der Waals surface area (Å²) in [6.45, 7) is 9.25. The van der Waals surface area contributed by atoms with Gasteiger partial charge in [-0.3, -0.25) is 4.98 Å². The van der Waals surface area contributed by atoms with E-state index in [2.05, 4.69) is 38.0 Å². The number of pyridine rings is 1. The van der Waals surface area contributed by atoms with E-state index in [-0.39, 0.29) is 0 Å². The Bertz CT molecular complexity index is 313. The number of hydrogen-bond acceptors (Lipinski definition) is 2. The summed E-state index contributed by atoms with van der Waals surface area (Å²) in [5.41, 5.74) is 1.94. The SMILES string of the molecule is CC1(C)C(Nc2ccncc2)C1(C)C. The Morgan fingerprint density at radius 2 is 1.57 bits per heavy atom. The van der Waals surface area contributed by atoms with Crippen molar-refractivity contribution in [1.82, 2.24) is 4.98 Å². The normalized spacial score (nSPS) is 23.1. The summed E-state index contributed by atoms with van der Waals surface area (Å²) in [7, 11) is 0. The number of anilines is 1. The van der Waals surface area contributed by atoms with Crippen molar-refractivity contribution < 1.29 is 0 Å². The van der Waals surface area contributed by atoms with Crippen LogP contribution >= 0.6 is 0 Å². The van der Waals surface area contributed by atoms with Crippen LogP contribution in [-0.4, -0.2) is 11.0 Å². The minimum Gasteiger partial charge on any atom is -0.381 e. The first kappa shape index (κ1) is 9.50. The van der Waals surface area contributed by atoms with Gasteiger partial charge in [-0.2, -0.15) is 0 Å². The van der Waals surface area contributed by atoms with Crippen molar-refractivity contribution >= 4 is 5.69 Å². The van der Waals surface area contributed by atoms with E-state index >= 15 is 0 Å². The van der Waals surface area contributed by atoms with Crippen molar-refractivity contribution in [3.8, 4) is 0 Å². The zero-order valence-corrected chi connectivity index (χ0v) is 9.33. The van der Waals surface area contributed by atoms with Crippen molar-refractivity contribution in [2.45, 2.75) is 33.7 Å². The van der Waals surface area contributed by atoms with E-state index in [9.17, 15) is 0 Å². The maximum Gasteiger partial charge on any atom is 0.0375 e. The van der Waals surface area contributed by atoms with Crippen LogP contribution in [0.5, 0.6) is 0 Å². The highest BCUT2D eigenvalue weighted by Crippen LogP contribution is 2.63. The van der Waals surface area contributed by atoms with E-state index in [1.54, 1.807) is 0 Å². The fourth-order valence-corrected chi connectivity index (χ4v) is 2.17. The van der Waals surface area contributed by atoms with Crippen LogP contribution in [-0.2, 0) is 0 Å². The van der Waals surface area contributed by atoms with Gasteiger partial charge in [-0.1, -0.05) is 27.7 Å². The molecular weight excluding hydrogens is 172 g/mol. The molecule has 14 heavy (non-hydrogen) atoms. The van der Waals surface area contributed by atoms with Crippen molar-refractivity contribution in [3.05, 3.63) is 24.5 Å². The van der Waals surface area contributed by atoms with Crippen LogP contribution in [0.15, 0.2) is 24.5 Å². The van der Waals surface area contributed by atoms with Gasteiger partial charge in [0.05, 0.1) is 0 Å². The second-order valence-corrected chi connectivity index (χ2v) is 5.26. The molecule has 1 heterocycles. The number of nitrogens with one attached hydrogen (secondary N) is 1. The highest BCUT2D eigenvalue weighted by molar-refractivity contribution is 5.46. The standard InChI is InChI=1S/C12H18N2/c1-11(2)10(12(11,3)4)14-9-5-7-13-8-6-9/h5-8,10H,1-4H3,(H,13,14). The molecule has 1 saturated carbocycles. The predicted octanol–water partition coefficient (Wildman–Crippen LogP) is 2.93. The Morgan fingerprint density at radius 1 is 1.07 bits per heavy atom. The van der Waals surface area contributed by atoms with E-state index < -0.39 is 0 Å². The molecule has 1 aromatic rings. The van der Waals surface area contributed by atoms with Gasteiger partial charge in [-0.15, -0.1) is 0 Å². The summed E-state index contributed by atoms with van der Waals surface area (Å²) in [6.07, 6.45) is 3.65. The smallest absolute Gasteiger partial charge is 0.0375 e. The third-order valence-electron chi connectivity index (χ3n) is 4.01. The molecule has 1 fully saturated rings. The Morgan fingerprint density at radius 3 is 2.00 bits per heavy atom. The Hall–Kier alpha value is -1.05. The molecule has 0 radical (unpaired) electrons. The number of aromatic nitrogens is 1. The Kier molecular flexibility index (Phi) is 1.85. The quantitative estimate of drug-likeness (QED) is 0.775. The van der Waals surface area contributed by atoms with Crippen molar-refractivity contribution in [3.63, 3.8) is 0 Å². The van der Waals surface area contributed by atoms with Gasteiger partial charge in [0.1, 0.15) is 0 Å². The topological polar surface area (TPSA) is 24.9 Å². The summed E-state index contributed by atoms with van der Waals surface area (Å²) >= 11 is 0. The third-order valence-corrected chi connectivity index (χ3v) is 4.01. The van der Waals surface area contributed by atoms with Crippen LogP contribution in [0.25, 0.3) is 0 Å². The van der Waals surface area contributed by atoms with Crippen LogP contribution in [0, 0.1) is 10.8 Å². The van der Waals surface area contributed by atoms with Crippen LogP contribution < -0.4 is 5.32 Å². The molecule has 0 aliphatic heterocycles. The lowest BCUT2D eigenvalue weighted by Gasteiger charge is -2.07. The fourth-order valence-electron chi connectivity index (χ4n) is 2.17. The van der Waals surface area contributed by atoms with Crippen molar-refractivity contribution in [2.75, 3.05) is 5.32 Å². The first-order valence-corrected chi connectivity index (χ1v) is 5.13. The summed E-state index contributed by atoms with van der Waals surface area (Å²) in [5, 5.41) is 3.56. The number of hydrogen-bond donors (Lipinski definition) is 1. The molecule has 0 aromatic carbocycles. The lowest BCUT2D eigenvalue weighted by atomic mass is 10.0. The summed E-state index contributed by atoms with van der Waals surface area (Å²) in [4.78, 5) is 4.01. The van der Waals surface area contributed by atoms with Crippen LogP contribution in [0.2, 0.25) is 0 Å². The molecular formula is C12H18N2. The van der Waals surface area contributed by atoms with Gasteiger partial charge < -0.3 is 5.32 Å². The molecule has 1 aliphatic carbocycles. The van der Waals surface area contributed by atoms with Gasteiger partial charge in [0.15, 0.2) is 0 Å². The molecule has 0 spiro atoms. The predicted molar refractivity (Wildman–Crippen MR) is 59.2 cm³/mol. The number of rotatable bonds is 2. The fraction of sp³-hybridized carbons (Fsp3) is 0.583. The summed E-state index contributed by atoms with van der Waals surface area (Å²) in [6, 6.07) is 4.60. The van der Waals surface area contributed by atoms with Crippen LogP contribution in [0.1, 0.15) is 27.7 Å². The average Bonchev–Trinajstić information content (AvgIpc) is 2.50. The Labute approximate surface area is 85.7 Å². The molecule has 1 aliphatic rings. The lowest BCUT2D eigenvalue weighted by molar-refractivity contribution is 0.457. The first-order chi connectivity index (χ1) is 6.46. The highest BCUT2D eigenvalue weighted by Gasteiger charge is 2.64. The minimum absolute atomic E-state index is 0.385. The van der Waals surface area contributed by atoms with Gasteiger partial charge in [-0.25, -0.2) is 0 Å². The summed E-state index contributed by atoms with van der Waals surface area (Å²) < 4.78 is 0. The van der Waals surface area contributed by atoms with Gasteiger partial charge >= 0.3 is 0 Å². The van der Waals surface area contributed by atoms with Gasteiger partial charge in [0.2, 0.25) is 0 Å². The number of nitrogens with zero attached hydrogens (tertiary/aromatic N) is 1. The molecule has 76 valence electrons. The molecule has 0 amide bonds. The monoisotopic (exact) mass is 190 g/mol. The zero-order valence-electron chi connectivity index (χ0n) is 9.33. The average molecular weight is 190 g/mol. The molecule has 0 unspecified atom stereocenters. The second kappa shape index (κ2) is 2.72. The third kappa shape index (κ3) is 1.21. The minimum atomic E-state index is 0.385. The van der Waals surface area contributed by atoms with E-state index in [0.717, 1.165) is 0 Å². The van der Waals surface area contributed by atoms with E-state index in [0.29, 0.717) is 16.9 Å². The van der Waals surface area contributed by atoms with Gasteiger partial charge in [0, 0.05) is 24.1 Å². The highest BCUT2D eigenvalue weighted by atomic mass is 15.0. The van der Waals surface area contributed by atoms with Gasteiger partial charge in [0.25, 0.3) is 0 Å². The lowest BCUT2D eigenvalue weighted by Crippen LogP contribution is -2.09. The molecule has 1 N–H and O–H groups in total. The van der Waals surface area contributed by atoms with Crippen LogP contribution in [0.3, 0.4) is 0 Å². The molecule has 2 heteroatoms. The molecule has 0 atom stereocenters. The first-order valence-electron chi connectivity index (χ1n) is 5.13. The molecule has 2 rings (SSSR count). The van der Waals surface area contributed by atoms with Crippen LogP contribution in [0.4, 0.5) is 5.69 Å². The molecule has 0 saturated heterocycles. The van der Waals surface area contributed by atoms with E-state index in [1.165, 1.54) is 5.69 Å². The van der Waals surface area contributed by atoms with E-state index in [1.807, 2.05) is 24.5 Å². The molecule has 0 bridgehead atoms. The summed E-state index contributed by atoms with van der Waals surface area (Å²) in [5.74, 6) is 0. The van der Waals surface area contributed by atoms with Gasteiger partial charge in [-0.05, 0) is 23.0 Å². The molecule has 1 aromatic heterocycles. The maximum absolute atomic E-state index is 4.01. The molecule has 2 nitrogen and oxygen atoms in total. The van der Waals surface area contributed by atoms with Crippen molar-refractivity contribution in [2.24, 2.45) is 10.8 Å². The Balaban J connectivity index is 2.09. The zero-order chi connectivity index (χ0) is 10.4. The maximum atomic E-state index is 4.01. The van der Waals surface area contributed by atoms with Crippen molar-refractivity contribution in [1.29, 1.82) is 0 Å². The largest absolute Gasteiger partial charge is 0.381 e. The van der Waals surface area contributed by atoms with E-state index in [4.69, 9.17) is 0 Å².